The van der Waals surface area contributed by atoms with Crippen LogP contribution < -0.4 is 11.2 Å². The Labute approximate surface area is 129 Å². The minimum atomic E-state index is -1.16. The molecule has 1 aromatic heterocycles. The zero-order valence-electron chi connectivity index (χ0n) is 12.4. The van der Waals surface area contributed by atoms with E-state index in [0.29, 0.717) is 0 Å². The highest BCUT2D eigenvalue weighted by atomic mass is 16.6. The number of aromatic nitrogens is 2. The van der Waals surface area contributed by atoms with E-state index in [9.17, 15) is 24.3 Å². The molecule has 1 saturated heterocycles. The number of esters is 2. The minimum Gasteiger partial charge on any atom is -0.456 e. The molecular formula is C13H16N2O8. The highest BCUT2D eigenvalue weighted by molar-refractivity contribution is 5.67. The Balaban J connectivity index is 2.43. The maximum Gasteiger partial charge on any atom is 0.330 e. The first-order valence-corrected chi connectivity index (χ1v) is 6.75. The molecule has 0 amide bonds. The lowest BCUT2D eigenvalue weighted by molar-refractivity contribution is -0.165. The number of carbonyl (C=O) groups excluding carboxylic acids is 2. The van der Waals surface area contributed by atoms with Crippen LogP contribution in [0.15, 0.2) is 21.9 Å². The Hall–Kier alpha value is -2.46. The molecule has 2 N–H and O–H groups in total. The van der Waals surface area contributed by atoms with Crippen molar-refractivity contribution in [3.8, 4) is 0 Å². The first-order valence-electron chi connectivity index (χ1n) is 6.75. The zero-order chi connectivity index (χ0) is 17.1. The van der Waals surface area contributed by atoms with Crippen LogP contribution in [0, 0.1) is 0 Å². The van der Waals surface area contributed by atoms with Crippen molar-refractivity contribution in [2.24, 2.45) is 0 Å². The van der Waals surface area contributed by atoms with Gasteiger partial charge in [-0.25, -0.2) is 4.79 Å². The lowest BCUT2D eigenvalue weighted by Crippen LogP contribution is -2.42. The first-order chi connectivity index (χ1) is 10.8. The second kappa shape index (κ2) is 6.75. The summed E-state index contributed by atoms with van der Waals surface area (Å²) in [6, 6.07) is 1.09. The lowest BCUT2D eigenvalue weighted by atomic mass is 10.1. The molecule has 0 aliphatic carbocycles. The number of carbonyl (C=O) groups is 2. The van der Waals surface area contributed by atoms with Crippen molar-refractivity contribution < 1.29 is 28.9 Å². The van der Waals surface area contributed by atoms with Crippen LogP contribution in [0.1, 0.15) is 20.1 Å². The van der Waals surface area contributed by atoms with Gasteiger partial charge in [0.15, 0.2) is 18.4 Å². The molecule has 126 valence electrons. The summed E-state index contributed by atoms with van der Waals surface area (Å²) in [7, 11) is 0. The lowest BCUT2D eigenvalue weighted by Gasteiger charge is -2.23. The topological polar surface area (TPSA) is 137 Å². The fourth-order valence-corrected chi connectivity index (χ4v) is 2.36. The third-order valence-electron chi connectivity index (χ3n) is 3.19. The van der Waals surface area contributed by atoms with Gasteiger partial charge in [0, 0.05) is 26.1 Å². The van der Waals surface area contributed by atoms with Crippen LogP contribution in [-0.2, 0) is 23.8 Å². The van der Waals surface area contributed by atoms with Gasteiger partial charge in [-0.15, -0.1) is 0 Å². The van der Waals surface area contributed by atoms with Gasteiger partial charge in [-0.3, -0.25) is 23.9 Å². The van der Waals surface area contributed by atoms with Gasteiger partial charge < -0.3 is 19.3 Å². The largest absolute Gasteiger partial charge is 0.456 e. The molecule has 0 saturated carbocycles. The molecule has 0 radical (unpaired) electrons. The fourth-order valence-electron chi connectivity index (χ4n) is 2.36. The summed E-state index contributed by atoms with van der Waals surface area (Å²) in [5.41, 5.74) is -1.40. The Morgan fingerprint density at radius 2 is 1.87 bits per heavy atom. The SMILES string of the molecule is CC(=O)OC1[C@@H](CO)O[C@@H](n2ccc(=O)[nH]c2=O)[C@H]1OC(C)=O. The molecule has 1 aromatic rings. The van der Waals surface area contributed by atoms with Crippen LogP contribution in [0.5, 0.6) is 0 Å². The van der Waals surface area contributed by atoms with Gasteiger partial charge in [0.05, 0.1) is 6.61 Å². The normalized spacial score (nSPS) is 26.7. The fraction of sp³-hybridized carbons (Fsp3) is 0.538. The third-order valence-corrected chi connectivity index (χ3v) is 3.19. The standard InChI is InChI=1S/C13H16N2O8/c1-6(17)21-10-8(5-16)23-12(11(10)22-7(2)18)15-4-3-9(19)14-13(15)20/h3-4,8,10-12,16H,5H2,1-2H3,(H,14,19,20)/t8-,10?,11+,12-/m1/s1. The van der Waals surface area contributed by atoms with Crippen LogP contribution in [0.4, 0.5) is 0 Å². The maximum absolute atomic E-state index is 11.9. The molecule has 1 fully saturated rings. The number of ether oxygens (including phenoxy) is 3. The quantitative estimate of drug-likeness (QED) is 0.623. The predicted molar refractivity (Wildman–Crippen MR) is 73.4 cm³/mol. The number of nitrogens with zero attached hydrogens (tertiary/aromatic N) is 1. The summed E-state index contributed by atoms with van der Waals surface area (Å²) in [6.07, 6.45) is -3.24. The van der Waals surface area contributed by atoms with Crippen molar-refractivity contribution in [1.29, 1.82) is 0 Å². The van der Waals surface area contributed by atoms with Crippen molar-refractivity contribution in [2.75, 3.05) is 6.61 Å². The molecule has 0 aromatic carbocycles. The van der Waals surface area contributed by atoms with Crippen molar-refractivity contribution in [3.05, 3.63) is 33.1 Å². The van der Waals surface area contributed by atoms with Crippen molar-refractivity contribution >= 4 is 11.9 Å². The summed E-state index contributed by atoms with van der Waals surface area (Å²) in [4.78, 5) is 47.6. The van der Waals surface area contributed by atoms with Crippen LogP contribution in [-0.4, -0.2) is 51.5 Å². The Bertz CT molecular complexity index is 708. The molecule has 2 rings (SSSR count). The van der Waals surface area contributed by atoms with Gasteiger partial charge in [-0.05, 0) is 0 Å². The molecule has 1 unspecified atom stereocenters. The van der Waals surface area contributed by atoms with E-state index in [1.807, 2.05) is 4.98 Å². The molecule has 1 aliphatic rings. The average molecular weight is 328 g/mol. The van der Waals surface area contributed by atoms with Crippen molar-refractivity contribution in [2.45, 2.75) is 38.4 Å². The highest BCUT2D eigenvalue weighted by Crippen LogP contribution is 2.32. The molecule has 4 atom stereocenters. The summed E-state index contributed by atoms with van der Waals surface area (Å²) in [5.74, 6) is -1.35. The van der Waals surface area contributed by atoms with E-state index in [4.69, 9.17) is 14.2 Å². The zero-order valence-corrected chi connectivity index (χ0v) is 12.4. The number of nitrogens with one attached hydrogen (secondary N) is 1. The van der Waals surface area contributed by atoms with Crippen LogP contribution >= 0.6 is 0 Å². The smallest absolute Gasteiger partial charge is 0.330 e. The summed E-state index contributed by atoms with van der Waals surface area (Å²) in [5, 5.41) is 9.38. The van der Waals surface area contributed by atoms with Crippen LogP contribution in [0.25, 0.3) is 0 Å². The van der Waals surface area contributed by atoms with E-state index in [2.05, 4.69) is 0 Å². The highest BCUT2D eigenvalue weighted by Gasteiger charge is 2.50. The number of aromatic amines is 1. The molecule has 0 spiro atoms. The number of H-pyrrole nitrogens is 1. The van der Waals surface area contributed by atoms with Crippen molar-refractivity contribution in [1.82, 2.24) is 9.55 Å². The second-order valence-corrected chi connectivity index (χ2v) is 4.91. The van der Waals surface area contributed by atoms with Gasteiger partial charge in [0.1, 0.15) is 6.10 Å². The number of rotatable bonds is 4. The Morgan fingerprint density at radius 1 is 1.26 bits per heavy atom. The van der Waals surface area contributed by atoms with E-state index in [-0.39, 0.29) is 0 Å². The molecule has 0 bridgehead atoms. The number of hydrogen-bond donors (Lipinski definition) is 2. The van der Waals surface area contributed by atoms with E-state index >= 15 is 0 Å². The summed E-state index contributed by atoms with van der Waals surface area (Å²) in [6.45, 7) is 1.77. The second-order valence-electron chi connectivity index (χ2n) is 4.91. The predicted octanol–water partition coefficient (Wildman–Crippen LogP) is -1.71. The Morgan fingerprint density at radius 3 is 2.39 bits per heavy atom. The summed E-state index contributed by atoms with van der Waals surface area (Å²) >= 11 is 0. The molecule has 10 heteroatoms. The third kappa shape index (κ3) is 3.66. The van der Waals surface area contributed by atoms with E-state index in [1.54, 1.807) is 0 Å². The summed E-state index contributed by atoms with van der Waals surface area (Å²) < 4.78 is 16.6. The van der Waals surface area contributed by atoms with Gasteiger partial charge in [0.25, 0.3) is 5.56 Å². The minimum absolute atomic E-state index is 0.523. The van der Waals surface area contributed by atoms with Gasteiger partial charge in [0.2, 0.25) is 0 Å². The van der Waals surface area contributed by atoms with Gasteiger partial charge in [-0.1, -0.05) is 0 Å². The molecule has 10 nitrogen and oxygen atoms in total. The Kier molecular flexibility index (Phi) is 4.96. The van der Waals surface area contributed by atoms with Gasteiger partial charge >= 0.3 is 17.6 Å². The van der Waals surface area contributed by atoms with Crippen LogP contribution in [0.2, 0.25) is 0 Å². The van der Waals surface area contributed by atoms with E-state index < -0.39 is 54.3 Å². The average Bonchev–Trinajstić information content (AvgIpc) is 2.76. The van der Waals surface area contributed by atoms with Gasteiger partial charge in [-0.2, -0.15) is 0 Å². The molecule has 23 heavy (non-hydrogen) atoms. The number of aliphatic hydroxyl groups is 1. The van der Waals surface area contributed by atoms with Crippen molar-refractivity contribution in [3.63, 3.8) is 0 Å². The van der Waals surface area contributed by atoms with Crippen LogP contribution in [0.3, 0.4) is 0 Å². The monoisotopic (exact) mass is 328 g/mol. The molecule has 2 heterocycles. The molecule has 1 aliphatic heterocycles. The first kappa shape index (κ1) is 16.9. The number of aliphatic hydroxyl groups excluding tert-OH is 1. The van der Waals surface area contributed by atoms with E-state index in [1.165, 1.54) is 0 Å². The molecular weight excluding hydrogens is 312 g/mol. The number of hydrogen-bond acceptors (Lipinski definition) is 8. The van der Waals surface area contributed by atoms with E-state index in [0.717, 1.165) is 30.7 Å². The maximum atomic E-state index is 11.9.